The minimum atomic E-state index is -0.464. The lowest BCUT2D eigenvalue weighted by Gasteiger charge is -2.14. The van der Waals surface area contributed by atoms with Gasteiger partial charge in [-0.15, -0.1) is 0 Å². The van der Waals surface area contributed by atoms with Gasteiger partial charge in [0.25, 0.3) is 5.91 Å². The third-order valence-electron chi connectivity index (χ3n) is 5.24. The lowest BCUT2D eigenvalue weighted by Crippen LogP contribution is -2.14. The minimum absolute atomic E-state index is 0.0104. The van der Waals surface area contributed by atoms with E-state index in [0.717, 1.165) is 17.5 Å². The zero-order valence-corrected chi connectivity index (χ0v) is 21.3. The molecule has 34 heavy (non-hydrogen) atoms. The van der Waals surface area contributed by atoms with Crippen molar-refractivity contribution in [3.8, 4) is 17.6 Å². The first-order valence-electron chi connectivity index (χ1n) is 10.9. The molecule has 3 aromatic rings. The van der Waals surface area contributed by atoms with Crippen LogP contribution >= 0.6 is 15.9 Å². The Morgan fingerprint density at radius 2 is 1.82 bits per heavy atom. The van der Waals surface area contributed by atoms with Crippen LogP contribution in [-0.4, -0.2) is 13.0 Å². The molecule has 0 atom stereocenters. The molecule has 5 nitrogen and oxygen atoms in total. The number of amides is 1. The number of nitrogens with zero attached hydrogens (tertiary/aromatic N) is 1. The maximum absolute atomic E-state index is 12.8. The molecule has 0 spiro atoms. The standard InChI is InChI=1S/C28H27BrN2O3/c1-5-22-8-6-7-9-25(22)31-28(32)23(16-30)13-20-14-24(29)27(26(15-20)33-4)34-17-21-11-18(2)10-19(3)12-21/h6-15H,5,17H2,1-4H3,(H,31,32)/b23-13+. The molecule has 3 rings (SSSR count). The van der Waals surface area contributed by atoms with Crippen molar-refractivity contribution in [1.82, 2.24) is 0 Å². The average Bonchev–Trinajstić information content (AvgIpc) is 2.81. The second-order valence-electron chi connectivity index (χ2n) is 7.95. The zero-order valence-electron chi connectivity index (χ0n) is 19.7. The van der Waals surface area contributed by atoms with Gasteiger partial charge >= 0.3 is 0 Å². The average molecular weight is 519 g/mol. The summed E-state index contributed by atoms with van der Waals surface area (Å²) in [6.45, 7) is 6.50. The monoisotopic (exact) mass is 518 g/mol. The third kappa shape index (κ3) is 6.27. The summed E-state index contributed by atoms with van der Waals surface area (Å²) in [6.07, 6.45) is 2.31. The van der Waals surface area contributed by atoms with Crippen molar-refractivity contribution in [2.45, 2.75) is 33.8 Å². The van der Waals surface area contributed by atoms with E-state index in [-0.39, 0.29) is 5.57 Å². The van der Waals surface area contributed by atoms with E-state index in [1.807, 2.05) is 37.3 Å². The molecule has 0 bridgehead atoms. The van der Waals surface area contributed by atoms with Crippen LogP contribution in [0.5, 0.6) is 11.5 Å². The number of hydrogen-bond donors (Lipinski definition) is 1. The molecule has 6 heteroatoms. The summed E-state index contributed by atoms with van der Waals surface area (Å²) < 4.78 is 12.3. The fourth-order valence-electron chi connectivity index (χ4n) is 3.73. The van der Waals surface area contributed by atoms with Crippen molar-refractivity contribution in [3.63, 3.8) is 0 Å². The highest BCUT2D eigenvalue weighted by atomic mass is 79.9. The van der Waals surface area contributed by atoms with Crippen LogP contribution in [0.3, 0.4) is 0 Å². The number of anilines is 1. The Hall–Kier alpha value is -3.56. The summed E-state index contributed by atoms with van der Waals surface area (Å²) in [7, 11) is 1.55. The molecular formula is C28H27BrN2O3. The predicted octanol–water partition coefficient (Wildman–Crippen LogP) is 6.76. The molecule has 0 saturated carbocycles. The van der Waals surface area contributed by atoms with Gasteiger partial charge in [0.15, 0.2) is 11.5 Å². The third-order valence-corrected chi connectivity index (χ3v) is 5.83. The normalized spacial score (nSPS) is 11.0. The summed E-state index contributed by atoms with van der Waals surface area (Å²) >= 11 is 3.55. The molecule has 0 fully saturated rings. The van der Waals surface area contributed by atoms with E-state index in [9.17, 15) is 10.1 Å². The van der Waals surface area contributed by atoms with Gasteiger partial charge in [-0.3, -0.25) is 4.79 Å². The highest BCUT2D eigenvalue weighted by molar-refractivity contribution is 9.10. The molecule has 3 aromatic carbocycles. The minimum Gasteiger partial charge on any atom is -0.493 e. The lowest BCUT2D eigenvalue weighted by molar-refractivity contribution is -0.112. The Labute approximate surface area is 209 Å². The fourth-order valence-corrected chi connectivity index (χ4v) is 4.30. The number of carbonyl (C=O) groups is 1. The van der Waals surface area contributed by atoms with E-state index in [0.29, 0.717) is 33.8 Å². The molecule has 0 aromatic heterocycles. The van der Waals surface area contributed by atoms with E-state index in [2.05, 4.69) is 53.3 Å². The van der Waals surface area contributed by atoms with E-state index in [4.69, 9.17) is 9.47 Å². The Kier molecular flexibility index (Phi) is 8.50. The molecule has 0 saturated heterocycles. The number of rotatable bonds is 8. The van der Waals surface area contributed by atoms with Gasteiger partial charge in [0.05, 0.1) is 11.6 Å². The fraction of sp³-hybridized carbons (Fsp3) is 0.214. The van der Waals surface area contributed by atoms with Crippen molar-refractivity contribution >= 4 is 33.6 Å². The van der Waals surface area contributed by atoms with Gasteiger partial charge in [-0.05, 0) is 77.2 Å². The van der Waals surface area contributed by atoms with Crippen molar-refractivity contribution < 1.29 is 14.3 Å². The van der Waals surface area contributed by atoms with Crippen LogP contribution < -0.4 is 14.8 Å². The molecule has 0 unspecified atom stereocenters. The number of halogens is 1. The molecule has 0 aliphatic rings. The molecule has 0 aliphatic carbocycles. The largest absolute Gasteiger partial charge is 0.493 e. The SMILES string of the molecule is CCc1ccccc1NC(=O)/C(C#N)=C/c1cc(Br)c(OCc2cc(C)cc(C)c2)c(OC)c1. The summed E-state index contributed by atoms with van der Waals surface area (Å²) in [5, 5.41) is 12.5. The highest BCUT2D eigenvalue weighted by Gasteiger charge is 2.15. The van der Waals surface area contributed by atoms with E-state index in [1.54, 1.807) is 19.2 Å². The van der Waals surface area contributed by atoms with E-state index < -0.39 is 5.91 Å². The second-order valence-corrected chi connectivity index (χ2v) is 8.81. The molecule has 1 N–H and O–H groups in total. The highest BCUT2D eigenvalue weighted by Crippen LogP contribution is 2.38. The van der Waals surface area contributed by atoms with Crippen LogP contribution in [0, 0.1) is 25.2 Å². The number of nitriles is 1. The Morgan fingerprint density at radius 1 is 1.12 bits per heavy atom. The smallest absolute Gasteiger partial charge is 0.266 e. The molecule has 174 valence electrons. The van der Waals surface area contributed by atoms with Gasteiger partial charge in [0.1, 0.15) is 18.2 Å². The number of hydrogen-bond acceptors (Lipinski definition) is 4. The van der Waals surface area contributed by atoms with Gasteiger partial charge in [0, 0.05) is 5.69 Å². The van der Waals surface area contributed by atoms with E-state index in [1.165, 1.54) is 17.2 Å². The van der Waals surface area contributed by atoms with Gasteiger partial charge in [-0.2, -0.15) is 5.26 Å². The molecule has 0 radical (unpaired) electrons. The van der Waals surface area contributed by atoms with Crippen LogP contribution in [0.1, 0.15) is 34.7 Å². The number of aryl methyl sites for hydroxylation is 3. The van der Waals surface area contributed by atoms with Crippen LogP contribution in [0.4, 0.5) is 5.69 Å². The van der Waals surface area contributed by atoms with Gasteiger partial charge in [-0.1, -0.05) is 54.4 Å². The first-order valence-corrected chi connectivity index (χ1v) is 11.7. The van der Waals surface area contributed by atoms with Crippen molar-refractivity contribution in [3.05, 3.63) is 92.5 Å². The second kappa shape index (κ2) is 11.5. The number of benzene rings is 3. The van der Waals surface area contributed by atoms with Crippen molar-refractivity contribution in [1.29, 1.82) is 5.26 Å². The van der Waals surface area contributed by atoms with Gasteiger partial charge < -0.3 is 14.8 Å². The van der Waals surface area contributed by atoms with Gasteiger partial charge in [0.2, 0.25) is 0 Å². The van der Waals surface area contributed by atoms with Crippen LogP contribution in [-0.2, 0) is 17.8 Å². The number of ether oxygens (including phenoxy) is 2. The van der Waals surface area contributed by atoms with Crippen molar-refractivity contribution in [2.75, 3.05) is 12.4 Å². The number of nitrogens with one attached hydrogen (secondary N) is 1. The maximum atomic E-state index is 12.8. The maximum Gasteiger partial charge on any atom is 0.266 e. The quantitative estimate of drug-likeness (QED) is 0.264. The molecule has 0 aliphatic heterocycles. The summed E-state index contributed by atoms with van der Waals surface area (Å²) in [4.78, 5) is 12.8. The van der Waals surface area contributed by atoms with Crippen LogP contribution in [0.25, 0.3) is 6.08 Å². The lowest BCUT2D eigenvalue weighted by atomic mass is 10.1. The van der Waals surface area contributed by atoms with Crippen LogP contribution in [0.15, 0.2) is 64.6 Å². The predicted molar refractivity (Wildman–Crippen MR) is 139 cm³/mol. The van der Waals surface area contributed by atoms with E-state index >= 15 is 0 Å². The van der Waals surface area contributed by atoms with Crippen molar-refractivity contribution in [2.24, 2.45) is 0 Å². The first-order chi connectivity index (χ1) is 16.3. The zero-order chi connectivity index (χ0) is 24.7. The molecule has 0 heterocycles. The summed E-state index contributed by atoms with van der Waals surface area (Å²) in [5.74, 6) is 0.589. The number of methoxy groups -OCH3 is 1. The number of para-hydroxylation sites is 1. The Balaban J connectivity index is 1.84. The molecule has 1 amide bonds. The first kappa shape index (κ1) is 25.1. The van der Waals surface area contributed by atoms with Gasteiger partial charge in [-0.25, -0.2) is 0 Å². The molecular weight excluding hydrogens is 492 g/mol. The topological polar surface area (TPSA) is 71.4 Å². The number of carbonyl (C=O) groups excluding carboxylic acids is 1. The Bertz CT molecular complexity index is 1250. The summed E-state index contributed by atoms with van der Waals surface area (Å²) in [5.41, 5.74) is 5.74. The Morgan fingerprint density at radius 3 is 2.47 bits per heavy atom. The van der Waals surface area contributed by atoms with Crippen LogP contribution in [0.2, 0.25) is 0 Å². The summed E-state index contributed by atoms with van der Waals surface area (Å²) in [6, 6.07) is 19.4.